The maximum atomic E-state index is 12.9. The SMILES string of the molecule is Cc1ccncc1-c1ccc2nc(N(CCN(C)C)NS(=O)(=O)c3ccccc3)ncc2c1. The molecule has 0 amide bonds. The molecule has 8 nitrogen and oxygen atoms in total. The number of hydrogen-bond donors (Lipinski definition) is 1. The van der Waals surface area contributed by atoms with Crippen molar-refractivity contribution in [1.82, 2.24) is 24.7 Å². The van der Waals surface area contributed by atoms with Crippen molar-refractivity contribution in [3.05, 3.63) is 78.8 Å². The lowest BCUT2D eigenvalue weighted by Crippen LogP contribution is -2.46. The summed E-state index contributed by atoms with van der Waals surface area (Å²) in [7, 11) is 0.0615. The molecule has 0 saturated heterocycles. The molecule has 0 unspecified atom stereocenters. The topological polar surface area (TPSA) is 91.3 Å². The summed E-state index contributed by atoms with van der Waals surface area (Å²) in [6.07, 6.45) is 5.33. The van der Waals surface area contributed by atoms with E-state index in [1.807, 2.05) is 56.4 Å². The van der Waals surface area contributed by atoms with Crippen LogP contribution in [0.4, 0.5) is 5.95 Å². The highest BCUT2D eigenvalue weighted by Crippen LogP contribution is 2.26. The van der Waals surface area contributed by atoms with Gasteiger partial charge in [0.05, 0.1) is 17.0 Å². The van der Waals surface area contributed by atoms with Gasteiger partial charge in [0.1, 0.15) is 0 Å². The molecule has 0 spiro atoms. The number of anilines is 1. The van der Waals surface area contributed by atoms with Crippen LogP contribution in [0.3, 0.4) is 0 Å². The molecule has 4 aromatic rings. The van der Waals surface area contributed by atoms with Gasteiger partial charge in [-0.15, -0.1) is 4.83 Å². The Hall–Kier alpha value is -3.40. The van der Waals surface area contributed by atoms with Gasteiger partial charge in [0.25, 0.3) is 10.0 Å². The lowest BCUT2D eigenvalue weighted by molar-refractivity contribution is 0.409. The maximum absolute atomic E-state index is 12.9. The van der Waals surface area contributed by atoms with Crippen LogP contribution < -0.4 is 9.84 Å². The Kier molecular flexibility index (Phi) is 6.64. The molecule has 0 aliphatic heterocycles. The number of pyridine rings is 1. The normalized spacial score (nSPS) is 11.8. The highest BCUT2D eigenvalue weighted by molar-refractivity contribution is 7.89. The largest absolute Gasteiger partial charge is 0.308 e. The molecular formula is C24H26N6O2S. The number of aryl methyl sites for hydroxylation is 1. The number of hydrogen-bond acceptors (Lipinski definition) is 7. The van der Waals surface area contributed by atoms with Gasteiger partial charge in [-0.3, -0.25) is 9.99 Å². The molecule has 2 aromatic heterocycles. The second-order valence-electron chi connectivity index (χ2n) is 8.00. The van der Waals surface area contributed by atoms with Gasteiger partial charge in [0, 0.05) is 36.1 Å². The Labute approximate surface area is 194 Å². The lowest BCUT2D eigenvalue weighted by atomic mass is 10.0. The highest BCUT2D eigenvalue weighted by Gasteiger charge is 2.21. The van der Waals surface area contributed by atoms with Gasteiger partial charge in [-0.2, -0.15) is 0 Å². The third-order valence-electron chi connectivity index (χ3n) is 5.21. The van der Waals surface area contributed by atoms with Crippen LogP contribution in [0.5, 0.6) is 0 Å². The van der Waals surface area contributed by atoms with E-state index in [4.69, 9.17) is 0 Å². The van der Waals surface area contributed by atoms with Gasteiger partial charge >= 0.3 is 0 Å². The molecule has 33 heavy (non-hydrogen) atoms. The molecule has 2 aromatic carbocycles. The average Bonchev–Trinajstić information content (AvgIpc) is 2.82. The van der Waals surface area contributed by atoms with E-state index in [9.17, 15) is 8.42 Å². The second-order valence-corrected chi connectivity index (χ2v) is 9.66. The van der Waals surface area contributed by atoms with Gasteiger partial charge in [0.15, 0.2) is 0 Å². The van der Waals surface area contributed by atoms with Crippen LogP contribution in [-0.4, -0.2) is 55.5 Å². The van der Waals surface area contributed by atoms with Crippen LogP contribution in [0.15, 0.2) is 78.1 Å². The summed E-state index contributed by atoms with van der Waals surface area (Å²) >= 11 is 0. The summed E-state index contributed by atoms with van der Waals surface area (Å²) in [5.74, 6) is 0.286. The van der Waals surface area contributed by atoms with Gasteiger partial charge in [-0.25, -0.2) is 18.4 Å². The Morgan fingerprint density at radius 3 is 2.48 bits per heavy atom. The van der Waals surface area contributed by atoms with Crippen molar-refractivity contribution in [2.75, 3.05) is 32.2 Å². The summed E-state index contributed by atoms with van der Waals surface area (Å²) < 4.78 is 25.9. The molecule has 4 rings (SSSR count). The van der Waals surface area contributed by atoms with Crippen molar-refractivity contribution in [1.29, 1.82) is 0 Å². The van der Waals surface area contributed by atoms with Gasteiger partial charge < -0.3 is 4.90 Å². The minimum absolute atomic E-state index is 0.178. The molecule has 0 bridgehead atoms. The molecule has 2 heterocycles. The number of aromatic nitrogens is 3. The van der Waals surface area contributed by atoms with Crippen LogP contribution in [0.2, 0.25) is 0 Å². The van der Waals surface area contributed by atoms with Gasteiger partial charge in [-0.1, -0.05) is 24.3 Å². The molecule has 0 aliphatic rings. The second kappa shape index (κ2) is 9.62. The van der Waals surface area contributed by atoms with Gasteiger partial charge in [-0.05, 0) is 62.5 Å². The zero-order chi connectivity index (χ0) is 23.4. The Balaban J connectivity index is 1.67. The summed E-state index contributed by atoms with van der Waals surface area (Å²) in [4.78, 5) is 18.1. The van der Waals surface area contributed by atoms with Crippen LogP contribution in [0, 0.1) is 6.92 Å². The van der Waals surface area contributed by atoms with Crippen LogP contribution in [-0.2, 0) is 10.0 Å². The monoisotopic (exact) mass is 462 g/mol. The van der Waals surface area contributed by atoms with Crippen molar-refractivity contribution in [2.24, 2.45) is 0 Å². The summed E-state index contributed by atoms with van der Waals surface area (Å²) in [5, 5.41) is 2.33. The van der Waals surface area contributed by atoms with Crippen molar-refractivity contribution < 1.29 is 8.42 Å². The molecule has 0 radical (unpaired) electrons. The Morgan fingerprint density at radius 1 is 0.970 bits per heavy atom. The fourth-order valence-electron chi connectivity index (χ4n) is 3.37. The molecule has 9 heteroatoms. The number of nitrogens with one attached hydrogen (secondary N) is 1. The summed E-state index contributed by atoms with van der Waals surface area (Å²) in [5.41, 5.74) is 3.93. The van der Waals surface area contributed by atoms with E-state index in [0.717, 1.165) is 27.6 Å². The van der Waals surface area contributed by atoms with E-state index >= 15 is 0 Å². The predicted octanol–water partition coefficient (Wildman–Crippen LogP) is 3.26. The predicted molar refractivity (Wildman–Crippen MR) is 130 cm³/mol. The van der Waals surface area contributed by atoms with Crippen LogP contribution in [0.1, 0.15) is 5.56 Å². The number of nitrogens with zero attached hydrogens (tertiary/aromatic N) is 5. The van der Waals surface area contributed by atoms with Crippen LogP contribution in [0.25, 0.3) is 22.0 Å². The summed E-state index contributed by atoms with van der Waals surface area (Å²) in [6, 6.07) is 16.1. The van der Waals surface area contributed by atoms with Crippen molar-refractivity contribution in [3.63, 3.8) is 0 Å². The molecule has 0 fully saturated rings. The van der Waals surface area contributed by atoms with E-state index < -0.39 is 10.0 Å². The van der Waals surface area contributed by atoms with Crippen molar-refractivity contribution in [2.45, 2.75) is 11.8 Å². The third kappa shape index (κ3) is 5.33. The molecule has 1 N–H and O–H groups in total. The van der Waals surface area contributed by atoms with E-state index in [0.29, 0.717) is 13.1 Å². The first-order chi connectivity index (χ1) is 15.8. The Bertz CT molecular complexity index is 1360. The lowest BCUT2D eigenvalue weighted by Gasteiger charge is -2.24. The Morgan fingerprint density at radius 2 is 1.76 bits per heavy atom. The average molecular weight is 463 g/mol. The van der Waals surface area contributed by atoms with E-state index in [1.54, 1.807) is 42.7 Å². The first-order valence-corrected chi connectivity index (χ1v) is 12.0. The van der Waals surface area contributed by atoms with Crippen molar-refractivity contribution >= 4 is 26.9 Å². The smallest absolute Gasteiger partial charge is 0.257 e. The van der Waals surface area contributed by atoms with Crippen molar-refractivity contribution in [3.8, 4) is 11.1 Å². The number of sulfonamides is 1. The quantitative estimate of drug-likeness (QED) is 0.402. The molecule has 170 valence electrons. The maximum Gasteiger partial charge on any atom is 0.257 e. The standard InChI is InChI=1S/C24H26N6O2S/c1-18-11-12-25-17-22(18)19-9-10-23-20(15-19)16-26-24(27-23)30(14-13-29(2)3)28-33(31,32)21-7-5-4-6-8-21/h4-12,15-17,28H,13-14H2,1-3H3. The first-order valence-electron chi connectivity index (χ1n) is 10.5. The van der Waals surface area contributed by atoms with Crippen LogP contribution >= 0.6 is 0 Å². The number of hydrazine groups is 1. The highest BCUT2D eigenvalue weighted by atomic mass is 32.2. The molecule has 0 atom stereocenters. The van der Waals surface area contributed by atoms with Gasteiger partial charge in [0.2, 0.25) is 5.95 Å². The number of likely N-dealkylation sites (N-methyl/N-ethyl adjacent to an activating group) is 1. The number of benzene rings is 2. The number of rotatable bonds is 8. The summed E-state index contributed by atoms with van der Waals surface area (Å²) in [6.45, 7) is 3.03. The van der Waals surface area contributed by atoms with E-state index in [2.05, 4.69) is 19.8 Å². The zero-order valence-electron chi connectivity index (χ0n) is 18.8. The minimum atomic E-state index is -3.79. The van der Waals surface area contributed by atoms with E-state index in [-0.39, 0.29) is 10.8 Å². The fraction of sp³-hybridized carbons (Fsp3) is 0.208. The fourth-order valence-corrected chi connectivity index (χ4v) is 4.46. The molecule has 0 saturated carbocycles. The third-order valence-corrected chi connectivity index (χ3v) is 6.57. The van der Waals surface area contributed by atoms with E-state index in [1.165, 1.54) is 5.01 Å². The minimum Gasteiger partial charge on any atom is -0.308 e. The zero-order valence-corrected chi connectivity index (χ0v) is 19.6. The first kappa shape index (κ1) is 22.8. The molecular weight excluding hydrogens is 436 g/mol. The molecule has 0 aliphatic carbocycles. The number of fused-ring (bicyclic) bond motifs is 1.